The first-order valence-corrected chi connectivity index (χ1v) is 7.09. The molecule has 20 heavy (non-hydrogen) atoms. The number of anilines is 1. The van der Waals surface area contributed by atoms with Gasteiger partial charge in [-0.3, -0.25) is 0 Å². The summed E-state index contributed by atoms with van der Waals surface area (Å²) in [6.07, 6.45) is 0. The van der Waals surface area contributed by atoms with E-state index in [1.54, 1.807) is 17.8 Å². The molecule has 3 N–H and O–H groups in total. The van der Waals surface area contributed by atoms with Crippen LogP contribution in [0.15, 0.2) is 53.4 Å². The molecule has 0 fully saturated rings. The van der Waals surface area contributed by atoms with Gasteiger partial charge in [0.15, 0.2) is 0 Å². The fourth-order valence-corrected chi connectivity index (χ4v) is 2.39. The van der Waals surface area contributed by atoms with Crippen molar-refractivity contribution in [3.8, 4) is 5.75 Å². The smallest absolute Gasteiger partial charge is 0.335 e. The number of nitrogens with two attached hydrogens (primary N) is 1. The highest BCUT2D eigenvalue weighted by molar-refractivity contribution is 7.99. The van der Waals surface area contributed by atoms with E-state index in [0.29, 0.717) is 18.0 Å². The Bertz CT molecular complexity index is 587. The summed E-state index contributed by atoms with van der Waals surface area (Å²) in [5.41, 5.74) is 6.26. The van der Waals surface area contributed by atoms with Crippen LogP contribution in [0.4, 0.5) is 5.69 Å². The number of benzene rings is 2. The second kappa shape index (κ2) is 6.86. The van der Waals surface area contributed by atoms with Gasteiger partial charge >= 0.3 is 5.97 Å². The third-order valence-electron chi connectivity index (χ3n) is 2.61. The first kappa shape index (κ1) is 14.3. The van der Waals surface area contributed by atoms with E-state index in [2.05, 4.69) is 0 Å². The molecular formula is C15H15NO3S. The number of carboxylic acid groups (broad SMARTS) is 1. The predicted octanol–water partition coefficient (Wildman–Crippen LogP) is 3.14. The Balaban J connectivity index is 1.84. The zero-order chi connectivity index (χ0) is 14.4. The van der Waals surface area contributed by atoms with Gasteiger partial charge in [-0.05, 0) is 30.3 Å². The maximum absolute atomic E-state index is 10.8. The molecule has 0 bridgehead atoms. The summed E-state index contributed by atoms with van der Waals surface area (Å²) in [5, 5.41) is 8.84. The third kappa shape index (κ3) is 3.93. The molecule has 0 saturated carbocycles. The number of hydrogen-bond donors (Lipinski definition) is 2. The quantitative estimate of drug-likeness (QED) is 0.485. The summed E-state index contributed by atoms with van der Waals surface area (Å²) in [6, 6.07) is 14.5. The SMILES string of the molecule is Nc1cc(C(=O)O)ccc1OCCSc1ccccc1. The van der Waals surface area contributed by atoms with Gasteiger partial charge in [-0.2, -0.15) is 0 Å². The van der Waals surface area contributed by atoms with Crippen molar-refractivity contribution in [3.63, 3.8) is 0 Å². The molecule has 0 aliphatic heterocycles. The molecule has 0 radical (unpaired) electrons. The molecule has 5 heteroatoms. The van der Waals surface area contributed by atoms with Crippen LogP contribution in [0.25, 0.3) is 0 Å². The van der Waals surface area contributed by atoms with Crippen molar-refractivity contribution in [2.45, 2.75) is 4.90 Å². The monoisotopic (exact) mass is 289 g/mol. The Morgan fingerprint density at radius 2 is 1.95 bits per heavy atom. The van der Waals surface area contributed by atoms with E-state index >= 15 is 0 Å². The van der Waals surface area contributed by atoms with E-state index in [9.17, 15) is 4.79 Å². The van der Waals surface area contributed by atoms with Crippen LogP contribution in [0.3, 0.4) is 0 Å². The van der Waals surface area contributed by atoms with Gasteiger partial charge in [0.25, 0.3) is 0 Å². The number of carbonyl (C=O) groups is 1. The van der Waals surface area contributed by atoms with Crippen LogP contribution in [0.5, 0.6) is 5.75 Å². The van der Waals surface area contributed by atoms with Crippen LogP contribution in [-0.4, -0.2) is 23.4 Å². The molecule has 0 aliphatic rings. The van der Waals surface area contributed by atoms with Crippen LogP contribution in [-0.2, 0) is 0 Å². The van der Waals surface area contributed by atoms with Gasteiger partial charge in [-0.1, -0.05) is 18.2 Å². The Hall–Kier alpha value is -2.14. The molecule has 4 nitrogen and oxygen atoms in total. The van der Waals surface area contributed by atoms with Gasteiger partial charge < -0.3 is 15.6 Å². The lowest BCUT2D eigenvalue weighted by molar-refractivity contribution is 0.0697. The Morgan fingerprint density at radius 3 is 2.60 bits per heavy atom. The van der Waals surface area contributed by atoms with Gasteiger partial charge in [0.1, 0.15) is 5.75 Å². The molecule has 0 heterocycles. The lowest BCUT2D eigenvalue weighted by Gasteiger charge is -2.09. The molecule has 104 valence electrons. The zero-order valence-electron chi connectivity index (χ0n) is 10.8. The highest BCUT2D eigenvalue weighted by Gasteiger charge is 2.07. The lowest BCUT2D eigenvalue weighted by atomic mass is 10.2. The van der Waals surface area contributed by atoms with Gasteiger partial charge in [-0.15, -0.1) is 11.8 Å². The number of ether oxygens (including phenoxy) is 1. The fourth-order valence-electron chi connectivity index (χ4n) is 1.64. The molecule has 0 saturated heterocycles. The molecule has 2 aromatic carbocycles. The normalized spacial score (nSPS) is 10.2. The highest BCUT2D eigenvalue weighted by atomic mass is 32.2. The van der Waals surface area contributed by atoms with Gasteiger partial charge in [0.2, 0.25) is 0 Å². The van der Waals surface area contributed by atoms with Crippen LogP contribution >= 0.6 is 11.8 Å². The van der Waals surface area contributed by atoms with Crippen molar-refractivity contribution < 1.29 is 14.6 Å². The first-order chi connectivity index (χ1) is 9.66. The van der Waals surface area contributed by atoms with E-state index in [-0.39, 0.29) is 5.56 Å². The molecule has 0 unspecified atom stereocenters. The largest absolute Gasteiger partial charge is 0.491 e. The van der Waals surface area contributed by atoms with Crippen molar-refractivity contribution in [1.82, 2.24) is 0 Å². The van der Waals surface area contributed by atoms with E-state index in [1.807, 2.05) is 30.3 Å². The molecule has 0 aliphatic carbocycles. The van der Waals surface area contributed by atoms with E-state index in [0.717, 1.165) is 5.75 Å². The summed E-state index contributed by atoms with van der Waals surface area (Å²) in [4.78, 5) is 12.0. The minimum Gasteiger partial charge on any atom is -0.491 e. The predicted molar refractivity (Wildman–Crippen MR) is 80.5 cm³/mol. The molecule has 0 spiro atoms. The second-order valence-electron chi connectivity index (χ2n) is 4.07. The number of hydrogen-bond acceptors (Lipinski definition) is 4. The van der Waals surface area contributed by atoms with Crippen molar-refractivity contribution >= 4 is 23.4 Å². The summed E-state index contributed by atoms with van der Waals surface area (Å²) < 4.78 is 5.55. The Morgan fingerprint density at radius 1 is 1.20 bits per heavy atom. The summed E-state index contributed by atoms with van der Waals surface area (Å²) in [7, 11) is 0. The Kier molecular flexibility index (Phi) is 4.90. The van der Waals surface area contributed by atoms with Gasteiger partial charge in [0.05, 0.1) is 17.9 Å². The molecule has 0 atom stereocenters. The van der Waals surface area contributed by atoms with Gasteiger partial charge in [-0.25, -0.2) is 4.79 Å². The highest BCUT2D eigenvalue weighted by Crippen LogP contribution is 2.23. The molecule has 2 aromatic rings. The lowest BCUT2D eigenvalue weighted by Crippen LogP contribution is -2.04. The summed E-state index contributed by atoms with van der Waals surface area (Å²) in [5.74, 6) is 0.316. The molecule has 0 amide bonds. The average molecular weight is 289 g/mol. The number of aromatic carboxylic acids is 1. The minimum atomic E-state index is -0.997. The van der Waals surface area contributed by atoms with Crippen molar-refractivity contribution in [2.75, 3.05) is 18.1 Å². The van der Waals surface area contributed by atoms with Crippen LogP contribution in [0.1, 0.15) is 10.4 Å². The maximum Gasteiger partial charge on any atom is 0.335 e. The molecule has 2 rings (SSSR count). The van der Waals surface area contributed by atoms with Crippen LogP contribution in [0, 0.1) is 0 Å². The van der Waals surface area contributed by atoms with E-state index < -0.39 is 5.97 Å². The number of thioether (sulfide) groups is 1. The third-order valence-corrected chi connectivity index (χ3v) is 3.59. The van der Waals surface area contributed by atoms with Crippen molar-refractivity contribution in [3.05, 3.63) is 54.1 Å². The van der Waals surface area contributed by atoms with E-state index in [1.165, 1.54) is 17.0 Å². The zero-order valence-corrected chi connectivity index (χ0v) is 11.6. The second-order valence-corrected chi connectivity index (χ2v) is 5.24. The van der Waals surface area contributed by atoms with Gasteiger partial charge in [0, 0.05) is 10.6 Å². The van der Waals surface area contributed by atoms with Crippen LogP contribution in [0.2, 0.25) is 0 Å². The molecule has 0 aromatic heterocycles. The number of carboxylic acids is 1. The first-order valence-electron chi connectivity index (χ1n) is 6.10. The standard InChI is InChI=1S/C15H15NO3S/c16-13-10-11(15(17)18)6-7-14(13)19-8-9-20-12-4-2-1-3-5-12/h1-7,10H,8-9,16H2,(H,17,18). The van der Waals surface area contributed by atoms with E-state index in [4.69, 9.17) is 15.6 Å². The Labute approximate surface area is 121 Å². The van der Waals surface area contributed by atoms with Crippen molar-refractivity contribution in [1.29, 1.82) is 0 Å². The number of rotatable bonds is 6. The van der Waals surface area contributed by atoms with Crippen molar-refractivity contribution in [2.24, 2.45) is 0 Å². The molecular weight excluding hydrogens is 274 g/mol. The average Bonchev–Trinajstić information content (AvgIpc) is 2.46. The summed E-state index contributed by atoms with van der Waals surface area (Å²) >= 11 is 1.69. The minimum absolute atomic E-state index is 0.161. The summed E-state index contributed by atoms with van der Waals surface area (Å²) in [6.45, 7) is 0.510. The maximum atomic E-state index is 10.8. The fraction of sp³-hybridized carbons (Fsp3) is 0.133. The topological polar surface area (TPSA) is 72.6 Å². The number of nitrogen functional groups attached to an aromatic ring is 1. The van der Waals surface area contributed by atoms with Crippen LogP contribution < -0.4 is 10.5 Å².